The molecular weight excluding hydrogens is 334 g/mol. The molecule has 0 radical (unpaired) electrons. The first-order valence-electron chi connectivity index (χ1n) is 7.46. The third-order valence-corrected chi connectivity index (χ3v) is 4.28. The third kappa shape index (κ3) is 5.32. The predicted molar refractivity (Wildman–Crippen MR) is 85.3 cm³/mol. The first kappa shape index (κ1) is 16.3. The van der Waals surface area contributed by atoms with Crippen LogP contribution in [0.25, 0.3) is 0 Å². The number of nitrogens with zero attached hydrogens (tertiary/aromatic N) is 1. The van der Waals surface area contributed by atoms with Gasteiger partial charge in [0.05, 0.1) is 13.0 Å². The van der Waals surface area contributed by atoms with Gasteiger partial charge in [-0.25, -0.2) is 0 Å². The molecule has 1 aliphatic heterocycles. The van der Waals surface area contributed by atoms with Crippen LogP contribution in [-0.2, 0) is 4.79 Å². The zero-order valence-corrected chi connectivity index (χ0v) is 13.7. The molecule has 1 amide bonds. The van der Waals surface area contributed by atoms with Gasteiger partial charge < -0.3 is 14.7 Å². The highest BCUT2D eigenvalue weighted by molar-refractivity contribution is 9.10. The molecular formula is C16H22BrNO3. The number of halogens is 1. The summed E-state index contributed by atoms with van der Waals surface area (Å²) >= 11 is 3.39. The number of aliphatic hydroxyl groups is 1. The summed E-state index contributed by atoms with van der Waals surface area (Å²) in [6, 6.07) is 7.62. The van der Waals surface area contributed by atoms with Crippen molar-refractivity contribution in [1.82, 2.24) is 4.90 Å². The molecule has 2 rings (SSSR count). The van der Waals surface area contributed by atoms with Gasteiger partial charge >= 0.3 is 0 Å². The van der Waals surface area contributed by atoms with E-state index >= 15 is 0 Å². The molecule has 0 aromatic heterocycles. The number of carbonyl (C=O) groups is 1. The fraction of sp³-hybridized carbons (Fsp3) is 0.562. The van der Waals surface area contributed by atoms with E-state index in [0.29, 0.717) is 18.9 Å². The number of benzene rings is 1. The van der Waals surface area contributed by atoms with Gasteiger partial charge in [-0.15, -0.1) is 0 Å². The van der Waals surface area contributed by atoms with Crippen molar-refractivity contribution >= 4 is 21.8 Å². The smallest absolute Gasteiger partial charge is 0.226 e. The maximum absolute atomic E-state index is 12.2. The van der Waals surface area contributed by atoms with Crippen LogP contribution >= 0.6 is 15.9 Å². The highest BCUT2D eigenvalue weighted by atomic mass is 79.9. The minimum atomic E-state index is 0.146. The number of carbonyl (C=O) groups excluding carboxylic acids is 1. The molecule has 1 unspecified atom stereocenters. The number of piperidine rings is 1. The Balaban J connectivity index is 1.74. The second-order valence-electron chi connectivity index (χ2n) is 5.42. The summed E-state index contributed by atoms with van der Waals surface area (Å²) < 4.78 is 6.57. The van der Waals surface area contributed by atoms with Crippen LogP contribution in [-0.4, -0.2) is 42.2 Å². The van der Waals surface area contributed by atoms with Crippen molar-refractivity contribution in [3.05, 3.63) is 28.7 Å². The lowest BCUT2D eigenvalue weighted by Crippen LogP contribution is -2.40. The Kier molecular flexibility index (Phi) is 6.51. The Morgan fingerprint density at radius 1 is 1.48 bits per heavy atom. The largest absolute Gasteiger partial charge is 0.493 e. The van der Waals surface area contributed by atoms with Crippen molar-refractivity contribution in [2.75, 3.05) is 26.3 Å². The van der Waals surface area contributed by atoms with E-state index in [1.807, 2.05) is 29.2 Å². The average Bonchev–Trinajstić information content (AvgIpc) is 2.48. The summed E-state index contributed by atoms with van der Waals surface area (Å²) in [7, 11) is 0. The van der Waals surface area contributed by atoms with Gasteiger partial charge in [0, 0.05) is 24.2 Å². The van der Waals surface area contributed by atoms with E-state index in [2.05, 4.69) is 15.9 Å². The van der Waals surface area contributed by atoms with Gasteiger partial charge in [-0.2, -0.15) is 0 Å². The van der Waals surface area contributed by atoms with Gasteiger partial charge in [0.15, 0.2) is 0 Å². The van der Waals surface area contributed by atoms with E-state index < -0.39 is 0 Å². The van der Waals surface area contributed by atoms with Crippen molar-refractivity contribution in [2.24, 2.45) is 5.92 Å². The summed E-state index contributed by atoms with van der Waals surface area (Å²) in [6.45, 7) is 2.21. The topological polar surface area (TPSA) is 49.8 Å². The number of aliphatic hydroxyl groups excluding tert-OH is 1. The van der Waals surface area contributed by atoms with E-state index in [1.54, 1.807) is 0 Å². The fourth-order valence-electron chi connectivity index (χ4n) is 2.68. The van der Waals surface area contributed by atoms with E-state index in [4.69, 9.17) is 9.84 Å². The lowest BCUT2D eigenvalue weighted by molar-refractivity contribution is -0.133. The van der Waals surface area contributed by atoms with E-state index in [9.17, 15) is 4.79 Å². The number of ether oxygens (including phenoxy) is 1. The predicted octanol–water partition coefficient (Wildman–Crippen LogP) is 2.84. The first-order valence-corrected chi connectivity index (χ1v) is 8.25. The maximum atomic E-state index is 12.2. The number of rotatable bonds is 6. The van der Waals surface area contributed by atoms with Crippen LogP contribution in [0.3, 0.4) is 0 Å². The fourth-order valence-corrected chi connectivity index (χ4v) is 3.06. The normalized spacial score (nSPS) is 18.6. The second kappa shape index (κ2) is 8.39. The lowest BCUT2D eigenvalue weighted by atomic mass is 9.95. The molecule has 0 aliphatic carbocycles. The first-order chi connectivity index (χ1) is 10.2. The highest BCUT2D eigenvalue weighted by Gasteiger charge is 2.22. The molecule has 1 saturated heterocycles. The quantitative estimate of drug-likeness (QED) is 0.853. The van der Waals surface area contributed by atoms with Crippen molar-refractivity contribution in [1.29, 1.82) is 0 Å². The van der Waals surface area contributed by atoms with Crippen LogP contribution < -0.4 is 4.74 Å². The molecule has 1 N–H and O–H groups in total. The van der Waals surface area contributed by atoms with Gasteiger partial charge in [0.25, 0.3) is 0 Å². The summed E-state index contributed by atoms with van der Waals surface area (Å²) in [5.41, 5.74) is 0. The zero-order chi connectivity index (χ0) is 15.1. The van der Waals surface area contributed by atoms with Gasteiger partial charge in [0.1, 0.15) is 5.75 Å². The minimum absolute atomic E-state index is 0.146. The van der Waals surface area contributed by atoms with Crippen LogP contribution in [0.5, 0.6) is 5.75 Å². The molecule has 0 bridgehead atoms. The second-order valence-corrected chi connectivity index (χ2v) is 6.33. The van der Waals surface area contributed by atoms with Crippen LogP contribution in [0.1, 0.15) is 25.7 Å². The molecule has 5 heteroatoms. The lowest BCUT2D eigenvalue weighted by Gasteiger charge is -2.32. The Bertz CT molecular complexity index is 465. The average molecular weight is 356 g/mol. The SMILES string of the molecule is O=C(CCOc1cccc(Br)c1)N1CCCC(CCO)C1. The molecule has 116 valence electrons. The van der Waals surface area contributed by atoms with Gasteiger partial charge in [-0.05, 0) is 43.4 Å². The van der Waals surface area contributed by atoms with Crippen LogP contribution in [0, 0.1) is 5.92 Å². The molecule has 1 fully saturated rings. The standard InChI is InChI=1S/C16H22BrNO3/c17-14-4-1-5-15(11-14)21-10-7-16(20)18-8-2-3-13(12-18)6-9-19/h1,4-5,11,13,19H,2-3,6-10,12H2. The maximum Gasteiger partial charge on any atom is 0.226 e. The van der Waals surface area contributed by atoms with Gasteiger partial charge in [-0.3, -0.25) is 4.79 Å². The molecule has 1 aromatic carbocycles. The molecule has 1 aliphatic rings. The van der Waals surface area contributed by atoms with Gasteiger partial charge in [0.2, 0.25) is 5.91 Å². The molecule has 0 spiro atoms. The van der Waals surface area contributed by atoms with Crippen LogP contribution in [0.4, 0.5) is 0 Å². The van der Waals surface area contributed by atoms with Crippen LogP contribution in [0.15, 0.2) is 28.7 Å². The summed E-state index contributed by atoms with van der Waals surface area (Å²) in [6.07, 6.45) is 3.33. The number of hydrogen-bond donors (Lipinski definition) is 1. The zero-order valence-electron chi connectivity index (χ0n) is 12.1. The van der Waals surface area contributed by atoms with Crippen molar-refractivity contribution in [2.45, 2.75) is 25.7 Å². The van der Waals surface area contributed by atoms with E-state index in [-0.39, 0.29) is 12.5 Å². The molecule has 1 heterocycles. The van der Waals surface area contributed by atoms with Crippen molar-refractivity contribution < 1.29 is 14.6 Å². The molecule has 4 nitrogen and oxygen atoms in total. The van der Waals surface area contributed by atoms with Crippen LogP contribution in [0.2, 0.25) is 0 Å². The molecule has 1 aromatic rings. The highest BCUT2D eigenvalue weighted by Crippen LogP contribution is 2.20. The van der Waals surface area contributed by atoms with Gasteiger partial charge in [-0.1, -0.05) is 22.0 Å². The van der Waals surface area contributed by atoms with E-state index in [0.717, 1.165) is 42.6 Å². The Morgan fingerprint density at radius 2 is 2.33 bits per heavy atom. The third-order valence-electron chi connectivity index (χ3n) is 3.79. The van der Waals surface area contributed by atoms with Crippen molar-refractivity contribution in [3.8, 4) is 5.75 Å². The Labute approximate surface area is 134 Å². The monoisotopic (exact) mass is 355 g/mol. The van der Waals surface area contributed by atoms with Crippen molar-refractivity contribution in [3.63, 3.8) is 0 Å². The molecule has 1 atom stereocenters. The molecule has 0 saturated carbocycles. The summed E-state index contributed by atoms with van der Waals surface area (Å²) in [4.78, 5) is 14.1. The number of likely N-dealkylation sites (tertiary alicyclic amines) is 1. The molecule has 21 heavy (non-hydrogen) atoms. The number of amides is 1. The summed E-state index contributed by atoms with van der Waals surface area (Å²) in [5.74, 6) is 1.36. The minimum Gasteiger partial charge on any atom is -0.493 e. The van der Waals surface area contributed by atoms with E-state index in [1.165, 1.54) is 0 Å². The Hall–Kier alpha value is -1.07. The Morgan fingerprint density at radius 3 is 3.10 bits per heavy atom. The number of hydrogen-bond acceptors (Lipinski definition) is 3. The summed E-state index contributed by atoms with van der Waals surface area (Å²) in [5, 5.41) is 9.01.